The van der Waals surface area contributed by atoms with Crippen molar-refractivity contribution in [1.29, 1.82) is 0 Å². The second-order valence-corrected chi connectivity index (χ2v) is 7.81. The lowest BCUT2D eigenvalue weighted by Crippen LogP contribution is -2.20. The van der Waals surface area contributed by atoms with Gasteiger partial charge in [0.25, 0.3) is 0 Å². The van der Waals surface area contributed by atoms with Crippen molar-refractivity contribution in [1.82, 2.24) is 14.5 Å². The fourth-order valence-corrected chi connectivity index (χ4v) is 3.87. The molecule has 4 rings (SSSR count). The van der Waals surface area contributed by atoms with Crippen molar-refractivity contribution in [3.63, 3.8) is 0 Å². The van der Waals surface area contributed by atoms with Gasteiger partial charge in [0.2, 0.25) is 5.43 Å². The summed E-state index contributed by atoms with van der Waals surface area (Å²) in [5.74, 6) is 6.11. The predicted octanol–water partition coefficient (Wildman–Crippen LogP) is 2.91. The first kappa shape index (κ1) is 19.2. The minimum Gasteiger partial charge on any atom is -0.380 e. The SMILES string of the molecule is CCn1cc(C#CCN(C)C)c(=O)c2cc(NC3Cc4ccccc4C3)cnc21. The molecule has 0 atom stereocenters. The summed E-state index contributed by atoms with van der Waals surface area (Å²) in [6, 6.07) is 10.8. The summed E-state index contributed by atoms with van der Waals surface area (Å²) in [5.41, 5.74) is 4.84. The van der Waals surface area contributed by atoms with Crippen LogP contribution in [0.15, 0.2) is 47.5 Å². The molecule has 0 bridgehead atoms. The Balaban J connectivity index is 1.66. The maximum Gasteiger partial charge on any atom is 0.206 e. The first-order chi connectivity index (χ1) is 14.0. The van der Waals surface area contributed by atoms with Gasteiger partial charge >= 0.3 is 0 Å². The molecule has 2 aromatic heterocycles. The third kappa shape index (κ3) is 4.03. The largest absolute Gasteiger partial charge is 0.380 e. The summed E-state index contributed by atoms with van der Waals surface area (Å²) in [6.45, 7) is 3.40. The molecular formula is C24H26N4O. The third-order valence-corrected chi connectivity index (χ3v) is 5.29. The van der Waals surface area contributed by atoms with Gasteiger partial charge in [0, 0.05) is 18.8 Å². The Hall–Kier alpha value is -3.10. The van der Waals surface area contributed by atoms with E-state index in [-0.39, 0.29) is 5.43 Å². The molecule has 0 spiro atoms. The molecule has 1 aromatic carbocycles. The second kappa shape index (κ2) is 8.10. The average Bonchev–Trinajstić information content (AvgIpc) is 3.12. The molecule has 2 heterocycles. The molecule has 1 N–H and O–H groups in total. The fraction of sp³-hybridized carbons (Fsp3) is 0.333. The Bertz CT molecular complexity index is 1140. The van der Waals surface area contributed by atoms with E-state index in [1.165, 1.54) is 11.1 Å². The normalized spacial score (nSPS) is 13.4. The smallest absolute Gasteiger partial charge is 0.206 e. The molecule has 0 radical (unpaired) electrons. The zero-order chi connectivity index (χ0) is 20.4. The van der Waals surface area contributed by atoms with Crippen LogP contribution in [0.25, 0.3) is 11.0 Å². The average molecular weight is 386 g/mol. The highest BCUT2D eigenvalue weighted by atomic mass is 16.1. The molecule has 0 fully saturated rings. The Labute approximate surface area is 171 Å². The number of aryl methyl sites for hydroxylation is 1. The van der Waals surface area contributed by atoms with Gasteiger partial charge in [-0.1, -0.05) is 36.1 Å². The lowest BCUT2D eigenvalue weighted by atomic mass is 10.1. The lowest BCUT2D eigenvalue weighted by molar-refractivity contribution is 0.464. The minimum atomic E-state index is -0.0539. The second-order valence-electron chi connectivity index (χ2n) is 7.81. The Kier molecular flexibility index (Phi) is 5.37. The van der Waals surface area contributed by atoms with Gasteiger partial charge in [-0.2, -0.15) is 0 Å². The number of anilines is 1. The van der Waals surface area contributed by atoms with E-state index in [0.29, 0.717) is 29.2 Å². The van der Waals surface area contributed by atoms with Crippen molar-refractivity contribution in [2.24, 2.45) is 0 Å². The maximum absolute atomic E-state index is 13.0. The summed E-state index contributed by atoms with van der Waals surface area (Å²) in [4.78, 5) is 19.6. The van der Waals surface area contributed by atoms with Crippen molar-refractivity contribution in [3.05, 3.63) is 69.6 Å². The molecule has 0 aliphatic heterocycles. The van der Waals surface area contributed by atoms with E-state index < -0.39 is 0 Å². The van der Waals surface area contributed by atoms with Crippen molar-refractivity contribution in [2.45, 2.75) is 32.4 Å². The number of pyridine rings is 2. The quantitative estimate of drug-likeness (QED) is 0.701. The van der Waals surface area contributed by atoms with Gasteiger partial charge in [-0.3, -0.25) is 9.69 Å². The first-order valence-corrected chi connectivity index (χ1v) is 10.0. The van der Waals surface area contributed by atoms with Crippen LogP contribution in [0.3, 0.4) is 0 Å². The maximum atomic E-state index is 13.0. The molecule has 0 amide bonds. The van der Waals surface area contributed by atoms with Gasteiger partial charge in [-0.05, 0) is 51.1 Å². The summed E-state index contributed by atoms with van der Waals surface area (Å²) >= 11 is 0. The predicted molar refractivity (Wildman–Crippen MR) is 118 cm³/mol. The van der Waals surface area contributed by atoms with Crippen molar-refractivity contribution < 1.29 is 0 Å². The number of nitrogens with zero attached hydrogens (tertiary/aromatic N) is 3. The van der Waals surface area contributed by atoms with E-state index in [1.54, 1.807) is 0 Å². The van der Waals surface area contributed by atoms with E-state index in [9.17, 15) is 4.79 Å². The molecule has 1 aliphatic rings. The van der Waals surface area contributed by atoms with Crippen LogP contribution >= 0.6 is 0 Å². The zero-order valence-electron chi connectivity index (χ0n) is 17.2. The number of nitrogens with one attached hydrogen (secondary N) is 1. The van der Waals surface area contributed by atoms with Crippen molar-refractivity contribution >= 4 is 16.7 Å². The van der Waals surface area contributed by atoms with Crippen LogP contribution in [0.2, 0.25) is 0 Å². The van der Waals surface area contributed by atoms with Gasteiger partial charge < -0.3 is 9.88 Å². The zero-order valence-corrected chi connectivity index (χ0v) is 17.2. The van der Waals surface area contributed by atoms with E-state index in [1.807, 2.05) is 48.9 Å². The van der Waals surface area contributed by atoms with Crippen molar-refractivity contribution in [3.8, 4) is 11.8 Å². The van der Waals surface area contributed by atoms with E-state index >= 15 is 0 Å². The number of hydrogen-bond acceptors (Lipinski definition) is 4. The summed E-state index contributed by atoms with van der Waals surface area (Å²) in [7, 11) is 3.92. The highest BCUT2D eigenvalue weighted by Crippen LogP contribution is 2.25. The Morgan fingerprint density at radius 3 is 2.62 bits per heavy atom. The van der Waals surface area contributed by atoms with E-state index in [4.69, 9.17) is 0 Å². The van der Waals surface area contributed by atoms with Crippen LogP contribution in [0, 0.1) is 11.8 Å². The molecule has 1 aliphatic carbocycles. The van der Waals surface area contributed by atoms with Gasteiger partial charge in [0.15, 0.2) is 0 Å². The standard InChI is InChI=1S/C24H26N4O/c1-4-28-16-19(10-7-11-27(2)3)23(29)22-14-21(15-25-24(22)28)26-20-12-17-8-5-6-9-18(17)13-20/h5-6,8-9,14-16,20,26H,4,11-13H2,1-3H3. The Morgan fingerprint density at radius 2 is 1.97 bits per heavy atom. The molecule has 0 saturated carbocycles. The van der Waals surface area contributed by atoms with Crippen LogP contribution in [0.1, 0.15) is 23.6 Å². The number of aromatic nitrogens is 2. The van der Waals surface area contributed by atoms with Gasteiger partial charge in [-0.15, -0.1) is 0 Å². The van der Waals surface area contributed by atoms with Gasteiger partial charge in [-0.25, -0.2) is 4.98 Å². The molecule has 5 nitrogen and oxygen atoms in total. The lowest BCUT2D eigenvalue weighted by Gasteiger charge is -2.15. The number of hydrogen-bond donors (Lipinski definition) is 1. The Morgan fingerprint density at radius 1 is 1.24 bits per heavy atom. The van der Waals surface area contributed by atoms with Crippen LogP contribution < -0.4 is 10.7 Å². The summed E-state index contributed by atoms with van der Waals surface area (Å²) in [6.07, 6.45) is 5.63. The monoisotopic (exact) mass is 386 g/mol. The molecule has 29 heavy (non-hydrogen) atoms. The highest BCUT2D eigenvalue weighted by molar-refractivity contribution is 5.80. The fourth-order valence-electron chi connectivity index (χ4n) is 3.87. The summed E-state index contributed by atoms with van der Waals surface area (Å²) < 4.78 is 1.99. The summed E-state index contributed by atoms with van der Waals surface area (Å²) in [5, 5.41) is 4.18. The molecule has 5 heteroatoms. The topological polar surface area (TPSA) is 50.2 Å². The van der Waals surface area contributed by atoms with Gasteiger partial charge in [0.1, 0.15) is 5.65 Å². The van der Waals surface area contributed by atoms with Crippen molar-refractivity contribution in [2.75, 3.05) is 26.0 Å². The number of fused-ring (bicyclic) bond motifs is 2. The van der Waals surface area contributed by atoms with E-state index in [0.717, 1.165) is 25.1 Å². The molecular weight excluding hydrogens is 360 g/mol. The van der Waals surface area contributed by atoms with Crippen LogP contribution in [0.5, 0.6) is 0 Å². The minimum absolute atomic E-state index is 0.0539. The van der Waals surface area contributed by atoms with Crippen LogP contribution in [-0.2, 0) is 19.4 Å². The van der Waals surface area contributed by atoms with Crippen LogP contribution in [-0.4, -0.2) is 41.1 Å². The molecule has 148 valence electrons. The molecule has 0 saturated heterocycles. The first-order valence-electron chi connectivity index (χ1n) is 10.0. The third-order valence-electron chi connectivity index (χ3n) is 5.29. The number of benzene rings is 1. The van der Waals surface area contributed by atoms with Gasteiger partial charge in [0.05, 0.1) is 29.4 Å². The highest BCUT2D eigenvalue weighted by Gasteiger charge is 2.21. The molecule has 3 aromatic rings. The number of rotatable bonds is 4. The van der Waals surface area contributed by atoms with Crippen LogP contribution in [0.4, 0.5) is 5.69 Å². The van der Waals surface area contributed by atoms with E-state index in [2.05, 4.69) is 46.4 Å². The molecule has 0 unspecified atom stereocenters.